The van der Waals surface area contributed by atoms with Gasteiger partial charge in [-0.15, -0.1) is 0 Å². The van der Waals surface area contributed by atoms with Gasteiger partial charge in [0.2, 0.25) is 0 Å². The van der Waals surface area contributed by atoms with E-state index in [9.17, 15) is 18.0 Å². The molecule has 0 aromatic heterocycles. The molecule has 0 atom stereocenters. The number of aryl methyl sites for hydroxylation is 1. The minimum Gasteiger partial charge on any atom is -0.475 e. The predicted octanol–water partition coefficient (Wildman–Crippen LogP) is 3.58. The Kier molecular flexibility index (Phi) is 8.68. The minimum atomic E-state index is -5.08. The smallest absolute Gasteiger partial charge is 0.475 e. The number of ether oxygens (including phenoxy) is 1. The number of carbonyl (C=O) groups is 2. The number of carboxylic acids is 1. The van der Waals surface area contributed by atoms with E-state index in [1.807, 2.05) is 31.2 Å². The van der Waals surface area contributed by atoms with Gasteiger partial charge in [-0.2, -0.15) is 13.2 Å². The van der Waals surface area contributed by atoms with Crippen molar-refractivity contribution in [3.8, 4) is 0 Å². The molecule has 1 aromatic carbocycles. The Bertz CT molecular complexity index is 475. The van der Waals surface area contributed by atoms with Gasteiger partial charge in [0.05, 0.1) is 6.61 Å². The number of alkyl halides is 3. The minimum absolute atomic E-state index is 0.132. The molecule has 1 aromatic rings. The quantitative estimate of drug-likeness (QED) is 0.822. The van der Waals surface area contributed by atoms with Gasteiger partial charge in [-0.3, -0.25) is 4.79 Å². The SMILES string of the molecule is CCOC(=O)CCc1cccc(Br)c1.O=C(O)C(F)(F)F. The molecule has 0 aliphatic heterocycles. The van der Waals surface area contributed by atoms with Crippen molar-refractivity contribution in [3.05, 3.63) is 34.3 Å². The summed E-state index contributed by atoms with van der Waals surface area (Å²) in [5.74, 6) is -2.89. The fourth-order valence-electron chi connectivity index (χ4n) is 1.17. The molecule has 1 rings (SSSR count). The standard InChI is InChI=1S/C11H13BrO2.C2HF3O2/c1-2-14-11(13)7-6-9-4-3-5-10(12)8-9;3-2(4,5)1(6)7/h3-5,8H,2,6-7H2,1H3;(H,6,7). The molecular formula is C13H14BrF3O4. The topological polar surface area (TPSA) is 63.6 Å². The number of hydrogen-bond acceptors (Lipinski definition) is 3. The van der Waals surface area contributed by atoms with Crippen molar-refractivity contribution < 1.29 is 32.6 Å². The van der Waals surface area contributed by atoms with Crippen molar-refractivity contribution in [2.75, 3.05) is 6.61 Å². The summed E-state index contributed by atoms with van der Waals surface area (Å²) >= 11 is 3.38. The fraction of sp³-hybridized carbons (Fsp3) is 0.385. The van der Waals surface area contributed by atoms with Crippen molar-refractivity contribution in [2.45, 2.75) is 25.9 Å². The van der Waals surface area contributed by atoms with E-state index >= 15 is 0 Å². The maximum atomic E-state index is 11.1. The highest BCUT2D eigenvalue weighted by molar-refractivity contribution is 9.10. The Labute approximate surface area is 128 Å². The van der Waals surface area contributed by atoms with Crippen molar-refractivity contribution in [1.29, 1.82) is 0 Å². The molecule has 0 saturated heterocycles. The molecule has 0 unspecified atom stereocenters. The third-order valence-electron chi connectivity index (χ3n) is 2.05. The lowest BCUT2D eigenvalue weighted by atomic mass is 10.1. The molecule has 4 nitrogen and oxygen atoms in total. The van der Waals surface area contributed by atoms with Crippen LogP contribution in [0, 0.1) is 0 Å². The van der Waals surface area contributed by atoms with Gasteiger partial charge in [-0.1, -0.05) is 28.1 Å². The summed E-state index contributed by atoms with van der Waals surface area (Å²) < 4.78 is 37.6. The highest BCUT2D eigenvalue weighted by Gasteiger charge is 2.38. The number of esters is 1. The molecule has 118 valence electrons. The second-order valence-electron chi connectivity index (χ2n) is 3.74. The fourth-order valence-corrected chi connectivity index (χ4v) is 1.62. The lowest BCUT2D eigenvalue weighted by Gasteiger charge is -2.02. The Morgan fingerprint density at radius 3 is 2.33 bits per heavy atom. The average molecular weight is 371 g/mol. The second kappa shape index (κ2) is 9.38. The molecule has 0 fully saturated rings. The lowest BCUT2D eigenvalue weighted by molar-refractivity contribution is -0.192. The molecular weight excluding hydrogens is 357 g/mol. The zero-order chi connectivity index (χ0) is 16.5. The summed E-state index contributed by atoms with van der Waals surface area (Å²) in [6.45, 7) is 2.27. The van der Waals surface area contributed by atoms with Crippen molar-refractivity contribution >= 4 is 27.9 Å². The van der Waals surface area contributed by atoms with Crippen molar-refractivity contribution in [1.82, 2.24) is 0 Å². The molecule has 0 aliphatic rings. The Morgan fingerprint density at radius 2 is 1.90 bits per heavy atom. The number of carboxylic acid groups (broad SMARTS) is 1. The van der Waals surface area contributed by atoms with E-state index in [0.717, 1.165) is 16.5 Å². The Hall–Kier alpha value is -1.57. The first-order valence-corrected chi connectivity index (χ1v) is 6.66. The van der Waals surface area contributed by atoms with Crippen LogP contribution < -0.4 is 0 Å². The van der Waals surface area contributed by atoms with E-state index in [-0.39, 0.29) is 5.97 Å². The molecule has 1 N–H and O–H groups in total. The van der Waals surface area contributed by atoms with Crippen LogP contribution in [0.15, 0.2) is 28.7 Å². The van der Waals surface area contributed by atoms with Crippen LogP contribution in [0.4, 0.5) is 13.2 Å². The summed E-state index contributed by atoms with van der Waals surface area (Å²) in [6, 6.07) is 7.95. The maximum absolute atomic E-state index is 11.1. The summed E-state index contributed by atoms with van der Waals surface area (Å²) in [5, 5.41) is 7.12. The zero-order valence-electron chi connectivity index (χ0n) is 11.1. The van der Waals surface area contributed by atoms with E-state index in [1.165, 1.54) is 0 Å². The van der Waals surface area contributed by atoms with Crippen LogP contribution in [0.5, 0.6) is 0 Å². The summed E-state index contributed by atoms with van der Waals surface area (Å²) in [4.78, 5) is 20.0. The second-order valence-corrected chi connectivity index (χ2v) is 4.65. The normalized spacial score (nSPS) is 10.3. The van der Waals surface area contributed by atoms with Crippen LogP contribution in [-0.4, -0.2) is 29.8 Å². The van der Waals surface area contributed by atoms with Crippen molar-refractivity contribution in [2.24, 2.45) is 0 Å². The van der Waals surface area contributed by atoms with E-state index in [0.29, 0.717) is 13.0 Å². The monoisotopic (exact) mass is 370 g/mol. The van der Waals surface area contributed by atoms with Gasteiger partial charge in [-0.05, 0) is 31.0 Å². The molecule has 0 bridgehead atoms. The molecule has 21 heavy (non-hydrogen) atoms. The average Bonchev–Trinajstić information content (AvgIpc) is 2.36. The third kappa shape index (κ3) is 9.89. The Morgan fingerprint density at radius 1 is 1.33 bits per heavy atom. The first kappa shape index (κ1) is 19.4. The third-order valence-corrected chi connectivity index (χ3v) is 2.55. The van der Waals surface area contributed by atoms with Crippen LogP contribution in [0.3, 0.4) is 0 Å². The first-order chi connectivity index (χ1) is 9.66. The molecule has 0 spiro atoms. The number of hydrogen-bond donors (Lipinski definition) is 1. The van der Waals surface area contributed by atoms with E-state index < -0.39 is 12.1 Å². The highest BCUT2D eigenvalue weighted by Crippen LogP contribution is 2.13. The van der Waals surface area contributed by atoms with Gasteiger partial charge >= 0.3 is 18.1 Å². The molecule has 0 aliphatic carbocycles. The highest BCUT2D eigenvalue weighted by atomic mass is 79.9. The molecule has 0 radical (unpaired) electrons. The van der Waals surface area contributed by atoms with Gasteiger partial charge in [-0.25, -0.2) is 4.79 Å². The van der Waals surface area contributed by atoms with Gasteiger partial charge in [0, 0.05) is 10.9 Å². The van der Waals surface area contributed by atoms with E-state index in [4.69, 9.17) is 14.6 Å². The van der Waals surface area contributed by atoms with Crippen molar-refractivity contribution in [3.63, 3.8) is 0 Å². The van der Waals surface area contributed by atoms with E-state index in [2.05, 4.69) is 15.9 Å². The van der Waals surface area contributed by atoms with Gasteiger partial charge in [0.1, 0.15) is 0 Å². The summed E-state index contributed by atoms with van der Waals surface area (Å²) in [7, 11) is 0. The number of carbonyl (C=O) groups excluding carboxylic acids is 1. The van der Waals surface area contributed by atoms with Gasteiger partial charge in [0.25, 0.3) is 0 Å². The molecule has 0 amide bonds. The Balaban J connectivity index is 0.000000486. The van der Waals surface area contributed by atoms with Crippen LogP contribution in [0.2, 0.25) is 0 Å². The maximum Gasteiger partial charge on any atom is 0.490 e. The van der Waals surface area contributed by atoms with Crippen LogP contribution in [0.25, 0.3) is 0 Å². The number of benzene rings is 1. The van der Waals surface area contributed by atoms with Crippen LogP contribution >= 0.6 is 15.9 Å². The summed E-state index contributed by atoms with van der Waals surface area (Å²) in [5.41, 5.74) is 1.15. The number of aliphatic carboxylic acids is 1. The zero-order valence-corrected chi connectivity index (χ0v) is 12.7. The molecule has 8 heteroatoms. The van der Waals surface area contributed by atoms with Gasteiger partial charge < -0.3 is 9.84 Å². The predicted molar refractivity (Wildman–Crippen MR) is 72.8 cm³/mol. The summed E-state index contributed by atoms with van der Waals surface area (Å²) in [6.07, 6.45) is -3.90. The van der Waals surface area contributed by atoms with Gasteiger partial charge in [0.15, 0.2) is 0 Å². The van der Waals surface area contributed by atoms with E-state index in [1.54, 1.807) is 0 Å². The molecule has 0 heterocycles. The first-order valence-electron chi connectivity index (χ1n) is 5.87. The number of halogens is 4. The lowest BCUT2D eigenvalue weighted by Crippen LogP contribution is -2.21. The van der Waals surface area contributed by atoms with Crippen LogP contribution in [0.1, 0.15) is 18.9 Å². The largest absolute Gasteiger partial charge is 0.490 e. The number of rotatable bonds is 4. The molecule has 0 saturated carbocycles. The van der Waals surface area contributed by atoms with Crippen LogP contribution in [-0.2, 0) is 20.7 Å².